The van der Waals surface area contributed by atoms with Gasteiger partial charge in [0.2, 0.25) is 0 Å². The van der Waals surface area contributed by atoms with Crippen molar-refractivity contribution in [2.24, 2.45) is 0 Å². The normalized spacial score (nSPS) is 12.0. The van der Waals surface area contributed by atoms with Gasteiger partial charge in [-0.3, -0.25) is 9.38 Å². The molecule has 0 spiro atoms. The lowest BCUT2D eigenvalue weighted by Crippen LogP contribution is -1.97. The van der Waals surface area contributed by atoms with E-state index in [0.717, 1.165) is 22.2 Å². The molecular formula is C26H16N4. The SMILES string of the molecule is c1ccc(-n2c3ccccc3c3ccc4c5ccncc5n5ccnc5c4c32)cc1. The van der Waals surface area contributed by atoms with Crippen LogP contribution in [0.4, 0.5) is 0 Å². The Labute approximate surface area is 171 Å². The topological polar surface area (TPSA) is 35.1 Å². The lowest BCUT2D eigenvalue weighted by molar-refractivity contribution is 1.18. The number of benzene rings is 3. The molecule has 0 fully saturated rings. The van der Waals surface area contributed by atoms with Gasteiger partial charge in [-0.05, 0) is 29.7 Å². The molecule has 0 saturated carbocycles. The molecule has 4 nitrogen and oxygen atoms in total. The van der Waals surface area contributed by atoms with Gasteiger partial charge in [0.05, 0.1) is 28.1 Å². The zero-order valence-corrected chi connectivity index (χ0v) is 16.0. The lowest BCUT2D eigenvalue weighted by atomic mass is 10.0. The van der Waals surface area contributed by atoms with Crippen LogP contribution in [-0.4, -0.2) is 18.9 Å². The predicted molar refractivity (Wildman–Crippen MR) is 122 cm³/mol. The van der Waals surface area contributed by atoms with E-state index in [4.69, 9.17) is 4.98 Å². The van der Waals surface area contributed by atoms with Crippen molar-refractivity contribution in [2.75, 3.05) is 0 Å². The summed E-state index contributed by atoms with van der Waals surface area (Å²) in [6.45, 7) is 0. The Bertz CT molecular complexity index is 1740. The van der Waals surface area contributed by atoms with Crippen LogP contribution in [0, 0.1) is 0 Å². The molecule has 0 unspecified atom stereocenters. The molecule has 3 aromatic carbocycles. The summed E-state index contributed by atoms with van der Waals surface area (Å²) in [6.07, 6.45) is 7.67. The lowest BCUT2D eigenvalue weighted by Gasteiger charge is -2.12. The number of rotatable bonds is 1. The summed E-state index contributed by atoms with van der Waals surface area (Å²) in [5, 5.41) is 6.02. The summed E-state index contributed by atoms with van der Waals surface area (Å²) < 4.78 is 4.52. The molecule has 0 aliphatic rings. The minimum Gasteiger partial charge on any atom is -0.308 e. The second kappa shape index (κ2) is 5.67. The predicted octanol–water partition coefficient (Wildman–Crippen LogP) is 6.13. The zero-order valence-electron chi connectivity index (χ0n) is 16.0. The Kier molecular flexibility index (Phi) is 2.97. The first-order chi connectivity index (χ1) is 14.9. The van der Waals surface area contributed by atoms with Crippen LogP contribution in [0.1, 0.15) is 0 Å². The molecule has 7 aromatic rings. The van der Waals surface area contributed by atoms with Gasteiger partial charge in [-0.1, -0.05) is 48.5 Å². The van der Waals surface area contributed by atoms with Crippen LogP contribution in [0.15, 0.2) is 97.6 Å². The van der Waals surface area contributed by atoms with Gasteiger partial charge in [-0.15, -0.1) is 0 Å². The molecule has 0 saturated heterocycles. The summed E-state index contributed by atoms with van der Waals surface area (Å²) >= 11 is 0. The van der Waals surface area contributed by atoms with Crippen LogP contribution in [-0.2, 0) is 0 Å². The second-order valence-electron chi connectivity index (χ2n) is 7.59. The molecule has 0 radical (unpaired) electrons. The Hall–Kier alpha value is -4.18. The molecule has 0 atom stereocenters. The average Bonchev–Trinajstić information content (AvgIpc) is 3.43. The first kappa shape index (κ1) is 15.7. The van der Waals surface area contributed by atoms with Gasteiger partial charge >= 0.3 is 0 Å². The minimum atomic E-state index is 0.955. The fraction of sp³-hybridized carbons (Fsp3) is 0. The summed E-state index contributed by atoms with van der Waals surface area (Å²) in [5.41, 5.74) is 5.56. The first-order valence-corrected chi connectivity index (χ1v) is 10.0. The van der Waals surface area contributed by atoms with E-state index in [2.05, 4.69) is 86.7 Å². The van der Waals surface area contributed by atoms with Crippen molar-refractivity contribution in [1.29, 1.82) is 0 Å². The van der Waals surface area contributed by atoms with E-state index in [1.54, 1.807) is 0 Å². The Morgan fingerprint density at radius 1 is 0.633 bits per heavy atom. The van der Waals surface area contributed by atoms with Crippen LogP contribution in [0.2, 0.25) is 0 Å². The van der Waals surface area contributed by atoms with E-state index in [1.165, 1.54) is 32.6 Å². The van der Waals surface area contributed by atoms with E-state index >= 15 is 0 Å². The van der Waals surface area contributed by atoms with Gasteiger partial charge in [0.1, 0.15) is 5.65 Å². The van der Waals surface area contributed by atoms with Crippen LogP contribution >= 0.6 is 0 Å². The highest BCUT2D eigenvalue weighted by atomic mass is 15.0. The second-order valence-corrected chi connectivity index (χ2v) is 7.59. The van der Waals surface area contributed by atoms with Crippen molar-refractivity contribution in [2.45, 2.75) is 0 Å². The van der Waals surface area contributed by atoms with Crippen LogP contribution in [0.25, 0.3) is 54.8 Å². The van der Waals surface area contributed by atoms with Gasteiger partial charge in [0.15, 0.2) is 0 Å². The number of hydrogen-bond acceptors (Lipinski definition) is 2. The third-order valence-electron chi connectivity index (χ3n) is 6.07. The largest absolute Gasteiger partial charge is 0.308 e. The summed E-state index contributed by atoms with van der Waals surface area (Å²) in [7, 11) is 0. The van der Waals surface area contributed by atoms with Crippen molar-refractivity contribution < 1.29 is 0 Å². The third kappa shape index (κ3) is 1.90. The van der Waals surface area contributed by atoms with E-state index in [9.17, 15) is 0 Å². The van der Waals surface area contributed by atoms with Crippen molar-refractivity contribution in [3.8, 4) is 5.69 Å². The number of fused-ring (bicyclic) bond motifs is 10. The smallest absolute Gasteiger partial charge is 0.147 e. The maximum atomic E-state index is 4.77. The molecule has 0 amide bonds. The number of para-hydroxylation sites is 2. The standard InChI is InChI=1S/C26H16N4/c1-2-6-17(7-3-1)30-22-9-5-4-8-18(22)21-11-10-20-19-12-13-27-16-23(19)29-15-14-28-26(29)24(20)25(21)30/h1-16H. The van der Waals surface area contributed by atoms with Crippen LogP contribution in [0.3, 0.4) is 0 Å². The van der Waals surface area contributed by atoms with Crippen molar-refractivity contribution in [1.82, 2.24) is 18.9 Å². The number of nitrogens with zero attached hydrogens (tertiary/aromatic N) is 4. The van der Waals surface area contributed by atoms with Crippen molar-refractivity contribution in [3.63, 3.8) is 0 Å². The quantitative estimate of drug-likeness (QED) is 0.319. The van der Waals surface area contributed by atoms with Gasteiger partial charge < -0.3 is 4.57 Å². The van der Waals surface area contributed by atoms with E-state index in [0.29, 0.717) is 0 Å². The monoisotopic (exact) mass is 384 g/mol. The molecule has 140 valence electrons. The maximum Gasteiger partial charge on any atom is 0.147 e. The van der Waals surface area contributed by atoms with Crippen molar-refractivity contribution >= 4 is 49.1 Å². The fourth-order valence-electron chi connectivity index (χ4n) is 4.84. The molecule has 0 aliphatic carbocycles. The number of imidazole rings is 1. The molecular weight excluding hydrogens is 368 g/mol. The number of pyridine rings is 2. The highest BCUT2D eigenvalue weighted by molar-refractivity contribution is 6.26. The van der Waals surface area contributed by atoms with Gasteiger partial charge in [0.25, 0.3) is 0 Å². The van der Waals surface area contributed by atoms with E-state index in [1.807, 2.05) is 24.8 Å². The number of hydrogen-bond donors (Lipinski definition) is 0. The molecule has 4 heteroatoms. The molecule has 30 heavy (non-hydrogen) atoms. The fourth-order valence-corrected chi connectivity index (χ4v) is 4.84. The maximum absolute atomic E-state index is 4.77. The van der Waals surface area contributed by atoms with Crippen LogP contribution < -0.4 is 0 Å². The third-order valence-corrected chi connectivity index (χ3v) is 6.07. The summed E-state index contributed by atoms with van der Waals surface area (Å²) in [6, 6.07) is 25.8. The summed E-state index contributed by atoms with van der Waals surface area (Å²) in [5.74, 6) is 0. The van der Waals surface area contributed by atoms with E-state index < -0.39 is 0 Å². The Morgan fingerprint density at radius 3 is 2.37 bits per heavy atom. The first-order valence-electron chi connectivity index (χ1n) is 10.0. The van der Waals surface area contributed by atoms with Crippen molar-refractivity contribution in [3.05, 3.63) is 97.6 Å². The molecule has 0 aliphatic heterocycles. The highest BCUT2D eigenvalue weighted by Gasteiger charge is 2.19. The number of aromatic nitrogens is 4. The summed E-state index contributed by atoms with van der Waals surface area (Å²) in [4.78, 5) is 9.13. The molecule has 7 rings (SSSR count). The average molecular weight is 384 g/mol. The minimum absolute atomic E-state index is 0.955. The van der Waals surface area contributed by atoms with Crippen LogP contribution in [0.5, 0.6) is 0 Å². The Morgan fingerprint density at radius 2 is 1.43 bits per heavy atom. The van der Waals surface area contributed by atoms with E-state index in [-0.39, 0.29) is 0 Å². The van der Waals surface area contributed by atoms with Gasteiger partial charge in [0, 0.05) is 40.4 Å². The highest BCUT2D eigenvalue weighted by Crippen LogP contribution is 2.39. The molecule has 4 aromatic heterocycles. The van der Waals surface area contributed by atoms with Gasteiger partial charge in [-0.25, -0.2) is 4.98 Å². The Balaban J connectivity index is 1.86. The molecule has 4 heterocycles. The van der Waals surface area contributed by atoms with Gasteiger partial charge in [-0.2, -0.15) is 0 Å². The molecule has 0 bridgehead atoms. The zero-order chi connectivity index (χ0) is 19.7. The molecule has 0 N–H and O–H groups in total.